The van der Waals surface area contributed by atoms with Crippen LogP contribution in [0.25, 0.3) is 0 Å². The highest BCUT2D eigenvalue weighted by molar-refractivity contribution is 5.40. The normalized spacial score (nSPS) is 12.3. The molecule has 0 aliphatic rings. The Hall–Kier alpha value is -2.32. The van der Waals surface area contributed by atoms with E-state index < -0.39 is 29.2 Å². The fraction of sp³-hybridized carbons (Fsp3) is 0.167. The molecule has 0 fully saturated rings. The minimum atomic E-state index is -5.17. The number of rotatable bonds is 2. The lowest BCUT2D eigenvalue weighted by molar-refractivity contribution is -0.162. The Morgan fingerprint density at radius 2 is 1.57 bits per heavy atom. The Bertz CT molecular complexity index is 624. The second kappa shape index (κ2) is 5.23. The monoisotopic (exact) mass is 307 g/mol. The molecule has 0 bridgehead atoms. The van der Waals surface area contributed by atoms with E-state index in [4.69, 9.17) is 4.74 Å². The fourth-order valence-corrected chi connectivity index (χ4v) is 1.50. The summed E-state index contributed by atoms with van der Waals surface area (Å²) >= 11 is 0. The van der Waals surface area contributed by atoms with Crippen LogP contribution in [0.15, 0.2) is 30.3 Å². The summed E-state index contributed by atoms with van der Waals surface area (Å²) in [6.45, 7) is 0. The molecular weight excluding hydrogens is 302 g/mol. The first-order valence-corrected chi connectivity index (χ1v) is 5.34. The topological polar surface area (TPSA) is 35.0 Å². The fourth-order valence-electron chi connectivity index (χ4n) is 1.50. The number of aromatic nitrogens is 2. The molecule has 0 saturated carbocycles. The predicted molar refractivity (Wildman–Crippen MR) is 57.4 cm³/mol. The van der Waals surface area contributed by atoms with Crippen molar-refractivity contribution >= 4 is 0 Å². The van der Waals surface area contributed by atoms with Gasteiger partial charge < -0.3 is 4.74 Å². The van der Waals surface area contributed by atoms with E-state index >= 15 is 0 Å². The molecule has 1 radical (unpaired) electrons. The summed E-state index contributed by atoms with van der Waals surface area (Å²) < 4.78 is 80.8. The van der Waals surface area contributed by atoms with Gasteiger partial charge in [0.15, 0.2) is 0 Å². The number of hydrogen-bond acceptors (Lipinski definition) is 3. The third-order valence-corrected chi connectivity index (χ3v) is 2.33. The van der Waals surface area contributed by atoms with E-state index in [-0.39, 0.29) is 11.9 Å². The van der Waals surface area contributed by atoms with Gasteiger partial charge in [-0.1, -0.05) is 0 Å². The number of benzene rings is 1. The maximum Gasteiger partial charge on any atom is 0.417 e. The van der Waals surface area contributed by atoms with Crippen LogP contribution in [0.4, 0.5) is 26.3 Å². The Morgan fingerprint density at radius 3 is 2.10 bits per heavy atom. The Balaban J connectivity index is 2.43. The van der Waals surface area contributed by atoms with Crippen LogP contribution in [0.1, 0.15) is 11.1 Å². The highest BCUT2D eigenvalue weighted by Crippen LogP contribution is 2.42. The van der Waals surface area contributed by atoms with Crippen LogP contribution in [0.5, 0.6) is 11.6 Å². The van der Waals surface area contributed by atoms with Crippen LogP contribution in [0.2, 0.25) is 0 Å². The van der Waals surface area contributed by atoms with Crippen molar-refractivity contribution < 1.29 is 31.1 Å². The zero-order valence-corrected chi connectivity index (χ0v) is 9.96. The van der Waals surface area contributed by atoms with E-state index in [2.05, 4.69) is 16.4 Å². The van der Waals surface area contributed by atoms with Gasteiger partial charge in [0.05, 0.1) is 11.1 Å². The maximum absolute atomic E-state index is 12.7. The summed E-state index contributed by atoms with van der Waals surface area (Å²) in [7, 11) is 0. The van der Waals surface area contributed by atoms with Gasteiger partial charge in [-0.2, -0.15) is 26.3 Å². The highest BCUT2D eigenvalue weighted by atomic mass is 19.4. The first-order valence-electron chi connectivity index (χ1n) is 5.34. The summed E-state index contributed by atoms with van der Waals surface area (Å²) in [6.07, 6.45) is -7.97. The molecule has 21 heavy (non-hydrogen) atoms. The lowest BCUT2D eigenvalue weighted by Crippen LogP contribution is -2.16. The Kier molecular flexibility index (Phi) is 3.75. The number of halogens is 6. The lowest BCUT2D eigenvalue weighted by atomic mass is 10.1. The van der Waals surface area contributed by atoms with Crippen LogP contribution in [0, 0.1) is 6.20 Å². The first kappa shape index (κ1) is 15.1. The second-order valence-corrected chi connectivity index (χ2v) is 3.81. The predicted octanol–water partition coefficient (Wildman–Crippen LogP) is 4.11. The van der Waals surface area contributed by atoms with Crippen LogP contribution in [-0.4, -0.2) is 10.2 Å². The van der Waals surface area contributed by atoms with E-state index in [1.807, 2.05) is 0 Å². The minimum Gasteiger partial charge on any atom is -0.438 e. The molecule has 9 heteroatoms. The standard InChI is InChI=1S/C12H5F6N2O/c13-11(14,15)8-4-3-7(6-9(8)12(16,17)18)21-10-2-1-5-19-20-10/h1-4,6H. The molecule has 0 aliphatic carbocycles. The maximum atomic E-state index is 12.7. The molecular formula is C12H5F6N2O. The average molecular weight is 307 g/mol. The summed E-state index contributed by atoms with van der Waals surface area (Å²) in [6, 6.07) is 3.88. The van der Waals surface area contributed by atoms with Crippen LogP contribution in [0.3, 0.4) is 0 Å². The molecule has 0 N–H and O–H groups in total. The Labute approximate surface area is 114 Å². The lowest BCUT2D eigenvalue weighted by Gasteiger charge is -2.16. The van der Waals surface area contributed by atoms with Gasteiger partial charge in [-0.05, 0) is 24.3 Å². The van der Waals surface area contributed by atoms with Crippen molar-refractivity contribution in [3.05, 3.63) is 47.7 Å². The van der Waals surface area contributed by atoms with Gasteiger partial charge in [0.1, 0.15) is 11.9 Å². The van der Waals surface area contributed by atoms with Crippen molar-refractivity contribution in [1.82, 2.24) is 10.2 Å². The smallest absolute Gasteiger partial charge is 0.417 e. The molecule has 0 unspecified atom stereocenters. The van der Waals surface area contributed by atoms with Crippen molar-refractivity contribution in [3.63, 3.8) is 0 Å². The van der Waals surface area contributed by atoms with Crippen molar-refractivity contribution in [1.29, 1.82) is 0 Å². The molecule has 0 atom stereocenters. The van der Waals surface area contributed by atoms with E-state index in [1.54, 1.807) is 0 Å². The summed E-state index contributed by atoms with van der Waals surface area (Å²) in [5.74, 6) is -0.600. The van der Waals surface area contributed by atoms with Crippen LogP contribution >= 0.6 is 0 Å². The van der Waals surface area contributed by atoms with Crippen molar-refractivity contribution in [2.45, 2.75) is 12.4 Å². The quantitative estimate of drug-likeness (QED) is 0.783. The van der Waals surface area contributed by atoms with Crippen molar-refractivity contribution in [2.24, 2.45) is 0 Å². The summed E-state index contributed by atoms with van der Waals surface area (Å²) in [5.41, 5.74) is -3.61. The van der Waals surface area contributed by atoms with Crippen LogP contribution in [-0.2, 0) is 12.4 Å². The molecule has 111 valence electrons. The highest BCUT2D eigenvalue weighted by Gasteiger charge is 2.43. The van der Waals surface area contributed by atoms with Crippen molar-refractivity contribution in [2.75, 3.05) is 0 Å². The molecule has 1 aromatic heterocycles. The zero-order chi connectivity index (χ0) is 15.7. The first-order chi connectivity index (χ1) is 9.68. The van der Waals surface area contributed by atoms with E-state index in [1.165, 1.54) is 12.1 Å². The molecule has 2 rings (SSSR count). The molecule has 0 aliphatic heterocycles. The van der Waals surface area contributed by atoms with Gasteiger partial charge in [-0.15, -0.1) is 10.2 Å². The molecule has 1 aromatic carbocycles. The van der Waals surface area contributed by atoms with Gasteiger partial charge >= 0.3 is 12.4 Å². The summed E-state index contributed by atoms with van der Waals surface area (Å²) in [4.78, 5) is 0. The third-order valence-electron chi connectivity index (χ3n) is 2.33. The molecule has 0 amide bonds. The number of ether oxygens (including phenoxy) is 1. The number of alkyl halides is 6. The Morgan fingerprint density at radius 1 is 0.905 bits per heavy atom. The minimum absolute atomic E-state index is 0.165. The SMILES string of the molecule is FC(F)(F)c1ccc(Oc2cc[c]nn2)cc1C(F)(F)F. The van der Waals surface area contributed by atoms with E-state index in [9.17, 15) is 26.3 Å². The van der Waals surface area contributed by atoms with Gasteiger partial charge in [0.25, 0.3) is 0 Å². The van der Waals surface area contributed by atoms with E-state index in [0.29, 0.717) is 6.07 Å². The molecule has 0 saturated heterocycles. The third kappa shape index (κ3) is 3.61. The van der Waals surface area contributed by atoms with Gasteiger partial charge in [-0.3, -0.25) is 0 Å². The summed E-state index contributed by atoms with van der Waals surface area (Å²) in [5, 5.41) is 6.71. The largest absolute Gasteiger partial charge is 0.438 e. The molecule has 3 nitrogen and oxygen atoms in total. The van der Waals surface area contributed by atoms with Gasteiger partial charge in [0, 0.05) is 6.07 Å². The zero-order valence-electron chi connectivity index (χ0n) is 9.96. The van der Waals surface area contributed by atoms with Crippen molar-refractivity contribution in [3.8, 4) is 11.6 Å². The second-order valence-electron chi connectivity index (χ2n) is 3.81. The number of hydrogen-bond donors (Lipinski definition) is 0. The molecule has 1 heterocycles. The number of nitrogens with zero attached hydrogens (tertiary/aromatic N) is 2. The molecule has 0 spiro atoms. The van der Waals surface area contributed by atoms with Gasteiger partial charge in [-0.25, -0.2) is 0 Å². The van der Waals surface area contributed by atoms with E-state index in [0.717, 1.165) is 6.07 Å². The van der Waals surface area contributed by atoms with Gasteiger partial charge in [0.2, 0.25) is 5.88 Å². The molecule has 2 aromatic rings. The van der Waals surface area contributed by atoms with Crippen LogP contribution < -0.4 is 4.74 Å². The average Bonchev–Trinajstić information content (AvgIpc) is 2.37.